The van der Waals surface area contributed by atoms with Crippen LogP contribution < -0.4 is 16.3 Å². The number of benzene rings is 3. The van der Waals surface area contributed by atoms with Crippen molar-refractivity contribution in [2.45, 2.75) is 13.3 Å². The second-order valence-corrected chi connectivity index (χ2v) is 7.00. The molecule has 0 bridgehead atoms. The molecule has 4 aromatic rings. The van der Waals surface area contributed by atoms with E-state index in [2.05, 4.69) is 10.6 Å². The quantitative estimate of drug-likeness (QED) is 0.449. The van der Waals surface area contributed by atoms with Gasteiger partial charge >= 0.3 is 5.63 Å². The van der Waals surface area contributed by atoms with Gasteiger partial charge in [-0.2, -0.15) is 0 Å². The Hall–Kier alpha value is -4.19. The summed E-state index contributed by atoms with van der Waals surface area (Å²) in [6, 6.07) is 22.8. The van der Waals surface area contributed by atoms with Crippen molar-refractivity contribution < 1.29 is 14.0 Å². The van der Waals surface area contributed by atoms with Crippen LogP contribution in [0.4, 0.5) is 11.4 Å². The number of carbonyl (C=O) groups is 2. The molecule has 6 nitrogen and oxygen atoms in total. The van der Waals surface area contributed by atoms with Crippen LogP contribution in [0.1, 0.15) is 23.7 Å². The fraction of sp³-hybridized carbons (Fsp3) is 0.0800. The van der Waals surface area contributed by atoms with Crippen LogP contribution in [-0.2, 0) is 4.79 Å². The van der Waals surface area contributed by atoms with Crippen molar-refractivity contribution >= 4 is 34.2 Å². The molecule has 0 atom stereocenters. The number of fused-ring (bicyclic) bond motifs is 1. The largest absolute Gasteiger partial charge is 0.422 e. The van der Waals surface area contributed by atoms with E-state index in [1.54, 1.807) is 67.6 Å². The molecule has 1 aromatic heterocycles. The third kappa shape index (κ3) is 4.53. The summed E-state index contributed by atoms with van der Waals surface area (Å²) in [6.45, 7) is 1.78. The fourth-order valence-electron chi connectivity index (χ4n) is 3.15. The average molecular weight is 412 g/mol. The standard InChI is InChI=1S/C25H20N2O4/c1-2-23(28)26-19-11-13-20(14-12-19)27-24(29)17-9-7-16(8-10-17)21-15-18-5-3-4-6-22(18)31-25(21)30/h3-15H,2H2,1H3,(H,26,28)(H,27,29). The molecule has 0 aliphatic heterocycles. The molecule has 0 aliphatic carbocycles. The van der Waals surface area contributed by atoms with Crippen LogP contribution in [-0.4, -0.2) is 11.8 Å². The Kier molecular flexibility index (Phi) is 5.62. The maximum Gasteiger partial charge on any atom is 0.344 e. The summed E-state index contributed by atoms with van der Waals surface area (Å²) in [5, 5.41) is 6.40. The van der Waals surface area contributed by atoms with Crippen molar-refractivity contribution in [1.82, 2.24) is 0 Å². The van der Waals surface area contributed by atoms with Gasteiger partial charge < -0.3 is 15.1 Å². The minimum atomic E-state index is -0.425. The zero-order valence-corrected chi connectivity index (χ0v) is 16.8. The predicted octanol–water partition coefficient (Wildman–Crippen LogP) is 5.06. The van der Waals surface area contributed by atoms with Gasteiger partial charge in [-0.1, -0.05) is 37.3 Å². The van der Waals surface area contributed by atoms with Crippen LogP contribution in [0, 0.1) is 0 Å². The van der Waals surface area contributed by atoms with Crippen molar-refractivity contribution in [1.29, 1.82) is 0 Å². The highest BCUT2D eigenvalue weighted by Crippen LogP contribution is 2.22. The van der Waals surface area contributed by atoms with E-state index in [-0.39, 0.29) is 11.8 Å². The number of hydrogen-bond acceptors (Lipinski definition) is 4. The molecule has 2 N–H and O–H groups in total. The van der Waals surface area contributed by atoms with E-state index in [4.69, 9.17) is 4.42 Å². The molecule has 6 heteroatoms. The monoisotopic (exact) mass is 412 g/mol. The fourth-order valence-corrected chi connectivity index (χ4v) is 3.15. The van der Waals surface area contributed by atoms with Crippen LogP contribution in [0.3, 0.4) is 0 Å². The molecule has 0 spiro atoms. The van der Waals surface area contributed by atoms with Crippen LogP contribution in [0.25, 0.3) is 22.1 Å². The van der Waals surface area contributed by atoms with Crippen LogP contribution in [0.5, 0.6) is 0 Å². The number of hydrogen-bond donors (Lipinski definition) is 2. The Balaban J connectivity index is 1.49. The minimum Gasteiger partial charge on any atom is -0.422 e. The van der Waals surface area contributed by atoms with Crippen LogP contribution in [0.15, 0.2) is 88.1 Å². The van der Waals surface area contributed by atoms with Crippen molar-refractivity contribution in [2.75, 3.05) is 10.6 Å². The topological polar surface area (TPSA) is 88.4 Å². The van der Waals surface area contributed by atoms with Gasteiger partial charge in [-0.25, -0.2) is 4.79 Å². The zero-order chi connectivity index (χ0) is 21.8. The van der Waals surface area contributed by atoms with Crippen molar-refractivity contribution in [3.8, 4) is 11.1 Å². The first kappa shape index (κ1) is 20.1. The number of amides is 2. The molecular formula is C25H20N2O4. The van der Waals surface area contributed by atoms with E-state index in [1.165, 1.54) is 0 Å². The molecule has 154 valence electrons. The lowest BCUT2D eigenvalue weighted by atomic mass is 10.0. The molecule has 31 heavy (non-hydrogen) atoms. The second kappa shape index (κ2) is 8.67. The van der Waals surface area contributed by atoms with Crippen molar-refractivity contribution in [3.05, 3.63) is 94.8 Å². The van der Waals surface area contributed by atoms with E-state index in [0.29, 0.717) is 40.1 Å². The molecule has 0 fully saturated rings. The summed E-state index contributed by atoms with van der Waals surface area (Å²) < 4.78 is 5.38. The Bertz CT molecular complexity index is 1310. The van der Waals surface area contributed by atoms with E-state index in [0.717, 1.165) is 5.39 Å². The van der Waals surface area contributed by atoms with E-state index in [9.17, 15) is 14.4 Å². The van der Waals surface area contributed by atoms with Gasteiger partial charge in [0.2, 0.25) is 5.91 Å². The second-order valence-electron chi connectivity index (χ2n) is 7.00. The molecule has 0 radical (unpaired) electrons. The summed E-state index contributed by atoms with van der Waals surface area (Å²) >= 11 is 0. The molecule has 2 amide bonds. The first-order valence-electron chi connectivity index (χ1n) is 9.88. The number of carbonyl (C=O) groups excluding carboxylic acids is 2. The first-order valence-corrected chi connectivity index (χ1v) is 9.88. The third-order valence-corrected chi connectivity index (χ3v) is 4.85. The summed E-state index contributed by atoms with van der Waals surface area (Å²) in [4.78, 5) is 36.3. The van der Waals surface area contributed by atoms with Gasteiger partial charge in [0.15, 0.2) is 0 Å². The van der Waals surface area contributed by atoms with Crippen molar-refractivity contribution in [2.24, 2.45) is 0 Å². The van der Waals surface area contributed by atoms with Gasteiger partial charge in [0.1, 0.15) is 5.58 Å². The Morgan fingerprint density at radius 3 is 2.16 bits per heavy atom. The summed E-state index contributed by atoms with van der Waals surface area (Å²) in [5.41, 5.74) is 2.96. The lowest BCUT2D eigenvalue weighted by Crippen LogP contribution is -2.12. The number of rotatable bonds is 5. The van der Waals surface area contributed by atoms with Gasteiger partial charge in [0.25, 0.3) is 5.91 Å². The molecule has 0 saturated heterocycles. The van der Waals surface area contributed by atoms with E-state index < -0.39 is 5.63 Å². The third-order valence-electron chi connectivity index (χ3n) is 4.85. The number of nitrogens with one attached hydrogen (secondary N) is 2. The van der Waals surface area contributed by atoms with Gasteiger partial charge in [-0.3, -0.25) is 9.59 Å². The lowest BCUT2D eigenvalue weighted by Gasteiger charge is -2.08. The summed E-state index contributed by atoms with van der Waals surface area (Å²) in [7, 11) is 0. The maximum absolute atomic E-state index is 12.6. The molecule has 4 rings (SSSR count). The lowest BCUT2D eigenvalue weighted by molar-refractivity contribution is -0.115. The highest BCUT2D eigenvalue weighted by Gasteiger charge is 2.10. The highest BCUT2D eigenvalue weighted by molar-refractivity contribution is 6.04. The highest BCUT2D eigenvalue weighted by atomic mass is 16.4. The van der Waals surface area contributed by atoms with Gasteiger partial charge in [0, 0.05) is 28.7 Å². The van der Waals surface area contributed by atoms with Crippen LogP contribution >= 0.6 is 0 Å². The summed E-state index contributed by atoms with van der Waals surface area (Å²) in [6.07, 6.45) is 0.398. The molecular weight excluding hydrogens is 392 g/mol. The molecule has 3 aromatic carbocycles. The minimum absolute atomic E-state index is 0.0719. The van der Waals surface area contributed by atoms with E-state index >= 15 is 0 Å². The van der Waals surface area contributed by atoms with Crippen LogP contribution in [0.2, 0.25) is 0 Å². The Morgan fingerprint density at radius 2 is 1.48 bits per heavy atom. The molecule has 1 heterocycles. The normalized spacial score (nSPS) is 10.6. The van der Waals surface area contributed by atoms with Crippen molar-refractivity contribution in [3.63, 3.8) is 0 Å². The number of anilines is 2. The maximum atomic E-state index is 12.6. The molecule has 0 saturated carbocycles. The van der Waals surface area contributed by atoms with E-state index in [1.807, 2.05) is 18.2 Å². The predicted molar refractivity (Wildman–Crippen MR) is 121 cm³/mol. The summed E-state index contributed by atoms with van der Waals surface area (Å²) in [5.74, 6) is -0.347. The Labute approximate surface area is 178 Å². The SMILES string of the molecule is CCC(=O)Nc1ccc(NC(=O)c2ccc(-c3cc4ccccc4oc3=O)cc2)cc1. The van der Waals surface area contributed by atoms with Gasteiger partial charge in [-0.15, -0.1) is 0 Å². The zero-order valence-electron chi connectivity index (χ0n) is 16.8. The number of para-hydroxylation sites is 1. The van der Waals surface area contributed by atoms with Gasteiger partial charge in [0.05, 0.1) is 5.56 Å². The molecule has 0 aliphatic rings. The smallest absolute Gasteiger partial charge is 0.344 e. The average Bonchev–Trinajstić information content (AvgIpc) is 2.80. The van der Waals surface area contributed by atoms with Gasteiger partial charge in [-0.05, 0) is 54.1 Å². The first-order chi connectivity index (χ1) is 15.0. The molecule has 0 unspecified atom stereocenters. The Morgan fingerprint density at radius 1 is 0.839 bits per heavy atom.